The van der Waals surface area contributed by atoms with Crippen LogP contribution in [-0.2, 0) is 11.4 Å². The number of nitrogens with one attached hydrogen (secondary N) is 1. The molecule has 0 aliphatic rings. The van der Waals surface area contributed by atoms with E-state index >= 15 is 0 Å². The second-order valence-electron chi connectivity index (χ2n) is 6.77. The van der Waals surface area contributed by atoms with E-state index in [1.54, 1.807) is 24.3 Å². The van der Waals surface area contributed by atoms with E-state index in [4.69, 9.17) is 4.74 Å². The van der Waals surface area contributed by atoms with Crippen molar-refractivity contribution in [2.75, 3.05) is 5.75 Å². The van der Waals surface area contributed by atoms with Crippen LogP contribution in [0.25, 0.3) is 0 Å². The van der Waals surface area contributed by atoms with E-state index in [-0.39, 0.29) is 24.0 Å². The minimum Gasteiger partial charge on any atom is -0.488 e. The highest BCUT2D eigenvalue weighted by atomic mass is 32.2. The van der Waals surface area contributed by atoms with E-state index in [1.165, 1.54) is 30.1 Å². The molecule has 32 heavy (non-hydrogen) atoms. The molecule has 0 radical (unpaired) electrons. The molecule has 0 atom stereocenters. The highest BCUT2D eigenvalue weighted by molar-refractivity contribution is 7.99. The number of aryl methyl sites for hydroxylation is 2. The number of para-hydroxylation sites is 1. The molecular formula is C22H21N5O4S. The molecular weight excluding hydrogens is 430 g/mol. The predicted molar refractivity (Wildman–Crippen MR) is 122 cm³/mol. The van der Waals surface area contributed by atoms with Gasteiger partial charge in [-0.25, -0.2) is 15.4 Å². The Morgan fingerprint density at radius 2 is 1.84 bits per heavy atom. The van der Waals surface area contributed by atoms with Crippen molar-refractivity contribution in [3.63, 3.8) is 0 Å². The first-order chi connectivity index (χ1) is 15.4. The minimum atomic E-state index is -0.446. The van der Waals surface area contributed by atoms with Crippen LogP contribution in [0.1, 0.15) is 22.5 Å². The molecule has 3 rings (SSSR count). The number of nitro groups is 1. The normalized spacial score (nSPS) is 10.8. The van der Waals surface area contributed by atoms with Gasteiger partial charge in [-0.3, -0.25) is 14.9 Å². The molecule has 0 aliphatic heterocycles. The van der Waals surface area contributed by atoms with Gasteiger partial charge in [0, 0.05) is 29.1 Å². The summed E-state index contributed by atoms with van der Waals surface area (Å²) in [4.78, 5) is 30.9. The molecule has 1 N–H and O–H groups in total. The average molecular weight is 452 g/mol. The number of aromatic nitrogens is 2. The summed E-state index contributed by atoms with van der Waals surface area (Å²) in [6.07, 6.45) is 1.50. The van der Waals surface area contributed by atoms with Crippen LogP contribution in [0.4, 0.5) is 5.69 Å². The summed E-state index contributed by atoms with van der Waals surface area (Å²) in [5.74, 6) is 0.429. The number of benzene rings is 2. The van der Waals surface area contributed by atoms with Gasteiger partial charge in [-0.1, -0.05) is 23.9 Å². The number of hydrogen-bond donors (Lipinski definition) is 1. The van der Waals surface area contributed by atoms with E-state index in [0.717, 1.165) is 17.0 Å². The minimum absolute atomic E-state index is 0.0271. The average Bonchev–Trinajstić information content (AvgIpc) is 2.76. The molecule has 10 heteroatoms. The number of hydrogen-bond acceptors (Lipinski definition) is 8. The van der Waals surface area contributed by atoms with Gasteiger partial charge in [0.15, 0.2) is 5.16 Å². The maximum atomic E-state index is 12.1. The molecule has 2 aromatic carbocycles. The van der Waals surface area contributed by atoms with E-state index in [2.05, 4.69) is 20.5 Å². The molecule has 0 spiro atoms. The third-order valence-corrected chi connectivity index (χ3v) is 4.99. The van der Waals surface area contributed by atoms with Crippen LogP contribution in [0.5, 0.6) is 5.75 Å². The Balaban J connectivity index is 1.53. The lowest BCUT2D eigenvalue weighted by molar-refractivity contribution is -0.384. The van der Waals surface area contributed by atoms with Gasteiger partial charge in [-0.05, 0) is 49.7 Å². The number of hydrazone groups is 1. The molecule has 0 fully saturated rings. The van der Waals surface area contributed by atoms with Crippen molar-refractivity contribution in [3.05, 3.63) is 87.2 Å². The summed E-state index contributed by atoms with van der Waals surface area (Å²) in [5.41, 5.74) is 5.69. The Hall–Kier alpha value is -3.79. The summed E-state index contributed by atoms with van der Waals surface area (Å²) >= 11 is 1.24. The van der Waals surface area contributed by atoms with Crippen LogP contribution < -0.4 is 10.2 Å². The molecule has 0 saturated heterocycles. The van der Waals surface area contributed by atoms with Gasteiger partial charge >= 0.3 is 0 Å². The maximum Gasteiger partial charge on any atom is 0.269 e. The third kappa shape index (κ3) is 6.88. The van der Waals surface area contributed by atoms with Crippen LogP contribution in [0.2, 0.25) is 0 Å². The Morgan fingerprint density at radius 1 is 1.16 bits per heavy atom. The molecule has 3 aromatic rings. The van der Waals surface area contributed by atoms with Crippen LogP contribution in [0, 0.1) is 24.0 Å². The second kappa shape index (κ2) is 11.0. The highest BCUT2D eigenvalue weighted by Crippen LogP contribution is 2.19. The summed E-state index contributed by atoms with van der Waals surface area (Å²) in [6, 6.07) is 15.3. The molecule has 0 bridgehead atoms. The number of nitro benzene ring substituents is 1. The number of non-ortho nitro benzene ring substituents is 1. The van der Waals surface area contributed by atoms with Crippen molar-refractivity contribution in [1.82, 2.24) is 15.4 Å². The quantitative estimate of drug-likeness (QED) is 0.173. The summed E-state index contributed by atoms with van der Waals surface area (Å²) in [7, 11) is 0. The zero-order chi connectivity index (χ0) is 22.9. The van der Waals surface area contributed by atoms with Crippen molar-refractivity contribution >= 4 is 29.6 Å². The Morgan fingerprint density at radius 3 is 2.53 bits per heavy atom. The van der Waals surface area contributed by atoms with Crippen LogP contribution in [0.15, 0.2) is 64.9 Å². The number of ether oxygens (including phenoxy) is 1. The molecule has 0 saturated carbocycles. The number of rotatable bonds is 9. The fourth-order valence-corrected chi connectivity index (χ4v) is 3.43. The van der Waals surface area contributed by atoms with Crippen molar-refractivity contribution in [2.45, 2.75) is 25.6 Å². The SMILES string of the molecule is Cc1cc(C)nc(SCC(=O)N/N=C/c2ccccc2OCc2ccc([N+](=O)[O-])cc2)n1. The van der Waals surface area contributed by atoms with Crippen molar-refractivity contribution in [3.8, 4) is 5.75 Å². The largest absolute Gasteiger partial charge is 0.488 e. The monoisotopic (exact) mass is 451 g/mol. The first-order valence-electron chi connectivity index (χ1n) is 9.63. The Bertz CT molecular complexity index is 1120. The van der Waals surface area contributed by atoms with Gasteiger partial charge in [0.1, 0.15) is 12.4 Å². The molecule has 1 amide bonds. The molecule has 1 heterocycles. The zero-order valence-electron chi connectivity index (χ0n) is 17.5. The fraction of sp³-hybridized carbons (Fsp3) is 0.182. The molecule has 164 valence electrons. The van der Waals surface area contributed by atoms with Crippen LogP contribution in [-0.4, -0.2) is 32.8 Å². The van der Waals surface area contributed by atoms with Gasteiger partial charge in [0.25, 0.3) is 11.6 Å². The topological polar surface area (TPSA) is 120 Å². The van der Waals surface area contributed by atoms with Crippen LogP contribution in [0.3, 0.4) is 0 Å². The van der Waals surface area contributed by atoms with Gasteiger partial charge in [0.2, 0.25) is 0 Å². The third-order valence-electron chi connectivity index (χ3n) is 4.15. The van der Waals surface area contributed by atoms with Crippen LogP contribution >= 0.6 is 11.8 Å². The van der Waals surface area contributed by atoms with Crippen molar-refractivity contribution in [1.29, 1.82) is 0 Å². The van der Waals surface area contributed by atoms with Crippen molar-refractivity contribution < 1.29 is 14.5 Å². The standard InChI is InChI=1S/C22H21N5O4S/c1-15-11-16(2)25-22(24-15)32-14-21(28)26-23-12-18-5-3-4-6-20(18)31-13-17-7-9-19(10-8-17)27(29)30/h3-12H,13-14H2,1-2H3,(H,26,28)/b23-12+. The number of carbonyl (C=O) groups excluding carboxylic acids is 1. The van der Waals surface area contributed by atoms with E-state index in [0.29, 0.717) is 16.5 Å². The molecule has 0 unspecified atom stereocenters. The number of nitrogens with zero attached hydrogens (tertiary/aromatic N) is 4. The van der Waals surface area contributed by atoms with Gasteiger partial charge in [-0.15, -0.1) is 0 Å². The predicted octanol–water partition coefficient (Wildman–Crippen LogP) is 3.82. The summed E-state index contributed by atoms with van der Waals surface area (Å²) in [5, 5.41) is 15.3. The number of amides is 1. The fourth-order valence-electron chi connectivity index (χ4n) is 2.69. The first kappa shape index (κ1) is 22.9. The zero-order valence-corrected chi connectivity index (χ0v) is 18.3. The first-order valence-corrected chi connectivity index (χ1v) is 10.6. The number of carbonyl (C=O) groups is 1. The van der Waals surface area contributed by atoms with Gasteiger partial charge < -0.3 is 4.74 Å². The van der Waals surface area contributed by atoms with E-state index in [9.17, 15) is 14.9 Å². The van der Waals surface area contributed by atoms with Crippen molar-refractivity contribution in [2.24, 2.45) is 5.10 Å². The molecule has 1 aromatic heterocycles. The van der Waals surface area contributed by atoms with E-state index in [1.807, 2.05) is 32.0 Å². The van der Waals surface area contributed by atoms with Gasteiger partial charge in [0.05, 0.1) is 16.9 Å². The smallest absolute Gasteiger partial charge is 0.269 e. The van der Waals surface area contributed by atoms with E-state index < -0.39 is 4.92 Å². The highest BCUT2D eigenvalue weighted by Gasteiger charge is 2.07. The van der Waals surface area contributed by atoms with Gasteiger partial charge in [-0.2, -0.15) is 5.10 Å². The molecule has 9 nitrogen and oxygen atoms in total. The summed E-state index contributed by atoms with van der Waals surface area (Å²) in [6.45, 7) is 4.00. The number of thioether (sulfide) groups is 1. The lowest BCUT2D eigenvalue weighted by Crippen LogP contribution is -2.20. The Kier molecular flexibility index (Phi) is 7.87. The Labute approximate surface area is 189 Å². The summed E-state index contributed by atoms with van der Waals surface area (Å²) < 4.78 is 5.81. The lowest BCUT2D eigenvalue weighted by atomic mass is 10.2. The molecule has 0 aliphatic carbocycles. The second-order valence-corrected chi connectivity index (χ2v) is 7.71. The maximum absolute atomic E-state index is 12.1. The lowest BCUT2D eigenvalue weighted by Gasteiger charge is -2.09.